The molecule has 0 amide bonds. The zero-order valence-electron chi connectivity index (χ0n) is 10.8. The van der Waals surface area contributed by atoms with Gasteiger partial charge >= 0.3 is 0 Å². The van der Waals surface area contributed by atoms with E-state index < -0.39 is 5.60 Å². The minimum Gasteiger partial charge on any atom is -0.390 e. The Morgan fingerprint density at radius 1 is 1.29 bits per heavy atom. The first-order valence-electron chi connectivity index (χ1n) is 6.09. The summed E-state index contributed by atoms with van der Waals surface area (Å²) in [5.41, 5.74) is 0.209. The lowest BCUT2D eigenvalue weighted by molar-refractivity contribution is 0.0510. The molecule has 0 saturated heterocycles. The van der Waals surface area contributed by atoms with Crippen molar-refractivity contribution in [2.75, 3.05) is 6.54 Å². The normalized spacial score (nSPS) is 14.9. The van der Waals surface area contributed by atoms with Crippen LogP contribution in [0.15, 0.2) is 24.3 Å². The van der Waals surface area contributed by atoms with Gasteiger partial charge in [-0.15, -0.1) is 0 Å². The van der Waals surface area contributed by atoms with Crippen molar-refractivity contribution in [3.8, 4) is 0 Å². The third kappa shape index (κ3) is 5.80. The number of aliphatic hydroxyl groups is 1. The van der Waals surface area contributed by atoms with E-state index in [1.807, 2.05) is 6.92 Å². The zero-order chi connectivity index (χ0) is 12.9. The van der Waals surface area contributed by atoms with E-state index in [9.17, 15) is 9.50 Å². The third-order valence-electron chi connectivity index (χ3n) is 2.71. The minimum absolute atomic E-state index is 0.241. The van der Waals surface area contributed by atoms with Crippen LogP contribution in [0.3, 0.4) is 0 Å². The highest BCUT2D eigenvalue weighted by molar-refractivity contribution is 5.17. The topological polar surface area (TPSA) is 32.3 Å². The van der Waals surface area contributed by atoms with Crippen LogP contribution in [-0.4, -0.2) is 23.3 Å². The number of benzene rings is 1. The van der Waals surface area contributed by atoms with Crippen LogP contribution in [0, 0.1) is 5.82 Å². The van der Waals surface area contributed by atoms with Crippen LogP contribution in [0.4, 0.5) is 4.39 Å². The standard InChI is InChI=1S/C14H22FNO/c1-11(2)16-9-8-14(3,17)10-12-4-6-13(15)7-5-12/h4-7,11,16-17H,8-10H2,1-3H3. The van der Waals surface area contributed by atoms with Gasteiger partial charge < -0.3 is 10.4 Å². The highest BCUT2D eigenvalue weighted by Crippen LogP contribution is 2.16. The Morgan fingerprint density at radius 2 is 1.88 bits per heavy atom. The Bertz CT molecular complexity index is 333. The maximum atomic E-state index is 12.7. The average molecular weight is 239 g/mol. The van der Waals surface area contributed by atoms with Crippen LogP contribution >= 0.6 is 0 Å². The molecular formula is C14H22FNO. The van der Waals surface area contributed by atoms with E-state index in [4.69, 9.17) is 0 Å². The molecule has 0 aliphatic rings. The lowest BCUT2D eigenvalue weighted by atomic mass is 9.93. The molecule has 1 atom stereocenters. The highest BCUT2D eigenvalue weighted by atomic mass is 19.1. The summed E-state index contributed by atoms with van der Waals surface area (Å²) < 4.78 is 12.7. The Kier molecular flexibility index (Phi) is 5.09. The van der Waals surface area contributed by atoms with Gasteiger partial charge in [-0.25, -0.2) is 4.39 Å². The molecule has 1 aromatic carbocycles. The van der Waals surface area contributed by atoms with Crippen LogP contribution in [-0.2, 0) is 6.42 Å². The van der Waals surface area contributed by atoms with E-state index in [0.717, 1.165) is 12.1 Å². The number of hydrogen-bond donors (Lipinski definition) is 2. The molecule has 2 nitrogen and oxygen atoms in total. The molecule has 0 aromatic heterocycles. The van der Waals surface area contributed by atoms with Gasteiger partial charge in [0.25, 0.3) is 0 Å². The molecule has 1 aromatic rings. The Balaban J connectivity index is 2.45. The first-order chi connectivity index (χ1) is 7.89. The molecule has 0 bridgehead atoms. The van der Waals surface area contributed by atoms with Gasteiger partial charge in [0.1, 0.15) is 5.82 Å². The molecule has 0 aliphatic carbocycles. The maximum Gasteiger partial charge on any atom is 0.123 e. The van der Waals surface area contributed by atoms with Gasteiger partial charge in [0.05, 0.1) is 5.60 Å². The zero-order valence-corrected chi connectivity index (χ0v) is 10.8. The van der Waals surface area contributed by atoms with E-state index in [1.54, 1.807) is 12.1 Å². The Morgan fingerprint density at radius 3 is 2.41 bits per heavy atom. The number of hydrogen-bond acceptors (Lipinski definition) is 2. The van der Waals surface area contributed by atoms with E-state index in [1.165, 1.54) is 12.1 Å². The Hall–Kier alpha value is -0.930. The fraction of sp³-hybridized carbons (Fsp3) is 0.571. The smallest absolute Gasteiger partial charge is 0.123 e. The van der Waals surface area contributed by atoms with Crippen molar-refractivity contribution in [3.63, 3.8) is 0 Å². The minimum atomic E-state index is -0.750. The molecule has 1 unspecified atom stereocenters. The molecular weight excluding hydrogens is 217 g/mol. The molecule has 1 rings (SSSR count). The van der Waals surface area contributed by atoms with Gasteiger partial charge in [0.15, 0.2) is 0 Å². The number of nitrogens with one attached hydrogen (secondary N) is 1. The van der Waals surface area contributed by atoms with Crippen molar-refractivity contribution in [2.45, 2.75) is 45.3 Å². The molecule has 0 saturated carbocycles. The predicted octanol–water partition coefficient (Wildman–Crippen LogP) is 2.51. The first-order valence-corrected chi connectivity index (χ1v) is 6.09. The average Bonchev–Trinajstić information content (AvgIpc) is 2.20. The van der Waals surface area contributed by atoms with Gasteiger partial charge in [-0.3, -0.25) is 0 Å². The van der Waals surface area contributed by atoms with Gasteiger partial charge in [0, 0.05) is 12.5 Å². The molecule has 17 heavy (non-hydrogen) atoms. The molecule has 0 fully saturated rings. The van der Waals surface area contributed by atoms with Crippen molar-refractivity contribution < 1.29 is 9.50 Å². The van der Waals surface area contributed by atoms with Crippen LogP contribution in [0.1, 0.15) is 32.8 Å². The predicted molar refractivity (Wildman–Crippen MR) is 68.5 cm³/mol. The lowest BCUT2D eigenvalue weighted by Crippen LogP contribution is -2.34. The molecule has 0 heterocycles. The monoisotopic (exact) mass is 239 g/mol. The second-order valence-corrected chi connectivity index (χ2v) is 5.16. The van der Waals surface area contributed by atoms with Crippen molar-refractivity contribution in [2.24, 2.45) is 0 Å². The summed E-state index contributed by atoms with van der Waals surface area (Å²) in [6.07, 6.45) is 1.23. The number of rotatable bonds is 6. The molecule has 96 valence electrons. The van der Waals surface area contributed by atoms with Gasteiger partial charge in [-0.05, 0) is 37.6 Å². The van der Waals surface area contributed by atoms with Gasteiger partial charge in [-0.2, -0.15) is 0 Å². The molecule has 0 spiro atoms. The van der Waals surface area contributed by atoms with Gasteiger partial charge in [0.2, 0.25) is 0 Å². The summed E-state index contributed by atoms with van der Waals surface area (Å²) in [4.78, 5) is 0. The summed E-state index contributed by atoms with van der Waals surface area (Å²) in [5, 5.41) is 13.5. The Labute approximate surface area is 103 Å². The van der Waals surface area contributed by atoms with E-state index in [0.29, 0.717) is 18.9 Å². The van der Waals surface area contributed by atoms with Crippen LogP contribution in [0.2, 0.25) is 0 Å². The van der Waals surface area contributed by atoms with Crippen molar-refractivity contribution in [1.29, 1.82) is 0 Å². The molecule has 0 aliphatic heterocycles. The summed E-state index contributed by atoms with van der Waals surface area (Å²) in [6, 6.07) is 6.73. The van der Waals surface area contributed by atoms with Crippen LogP contribution in [0.25, 0.3) is 0 Å². The largest absolute Gasteiger partial charge is 0.390 e. The summed E-state index contributed by atoms with van der Waals surface area (Å²) in [6.45, 7) is 6.76. The second-order valence-electron chi connectivity index (χ2n) is 5.16. The second kappa shape index (κ2) is 6.12. The molecule has 3 heteroatoms. The van der Waals surface area contributed by atoms with Crippen molar-refractivity contribution >= 4 is 0 Å². The lowest BCUT2D eigenvalue weighted by Gasteiger charge is -2.24. The SMILES string of the molecule is CC(C)NCCC(C)(O)Cc1ccc(F)cc1. The molecule has 2 N–H and O–H groups in total. The van der Waals surface area contributed by atoms with Gasteiger partial charge in [-0.1, -0.05) is 26.0 Å². The van der Waals surface area contributed by atoms with E-state index in [2.05, 4.69) is 19.2 Å². The van der Waals surface area contributed by atoms with E-state index in [-0.39, 0.29) is 5.82 Å². The van der Waals surface area contributed by atoms with Crippen molar-refractivity contribution in [3.05, 3.63) is 35.6 Å². The van der Waals surface area contributed by atoms with Crippen molar-refractivity contribution in [1.82, 2.24) is 5.32 Å². The fourth-order valence-electron chi connectivity index (χ4n) is 1.76. The third-order valence-corrected chi connectivity index (χ3v) is 2.71. The quantitative estimate of drug-likeness (QED) is 0.799. The van der Waals surface area contributed by atoms with Crippen LogP contribution in [0.5, 0.6) is 0 Å². The fourth-order valence-corrected chi connectivity index (χ4v) is 1.76. The summed E-state index contributed by atoms with van der Waals surface area (Å²) >= 11 is 0. The number of halogens is 1. The van der Waals surface area contributed by atoms with Crippen LogP contribution < -0.4 is 5.32 Å². The maximum absolute atomic E-state index is 12.7. The first kappa shape index (κ1) is 14.1. The summed E-state index contributed by atoms with van der Waals surface area (Å²) in [7, 11) is 0. The van der Waals surface area contributed by atoms with E-state index >= 15 is 0 Å². The summed E-state index contributed by atoms with van der Waals surface area (Å²) in [5.74, 6) is -0.241. The molecule has 0 radical (unpaired) electrons. The highest BCUT2D eigenvalue weighted by Gasteiger charge is 2.20.